The molecule has 2 rings (SSSR count). The van der Waals surface area contributed by atoms with Crippen LogP contribution in [0, 0.1) is 4.91 Å². The molecule has 0 unspecified atom stereocenters. The first-order valence-corrected chi connectivity index (χ1v) is 4.73. The van der Waals surface area contributed by atoms with Crippen molar-refractivity contribution in [1.29, 1.82) is 0 Å². The SMILES string of the molecule is O=NC(=O)/C=C/c1cnc2[nH]c(=O)ccc2c1. The number of pyridine rings is 2. The number of fused-ring (bicyclic) bond motifs is 1. The minimum absolute atomic E-state index is 0.228. The smallest absolute Gasteiger partial charge is 0.307 e. The molecule has 0 fully saturated rings. The second-order valence-electron chi connectivity index (χ2n) is 3.29. The summed E-state index contributed by atoms with van der Waals surface area (Å²) in [6.07, 6.45) is 3.97. The summed E-state index contributed by atoms with van der Waals surface area (Å²) in [5.41, 5.74) is 0.879. The molecule has 0 atom stereocenters. The topological polar surface area (TPSA) is 92.2 Å². The Morgan fingerprint density at radius 2 is 2.24 bits per heavy atom. The predicted octanol–water partition coefficient (Wildman–Crippen LogP) is 1.23. The van der Waals surface area contributed by atoms with Crippen molar-refractivity contribution in [3.05, 3.63) is 51.3 Å². The van der Waals surface area contributed by atoms with Gasteiger partial charge in [0, 0.05) is 28.9 Å². The van der Waals surface area contributed by atoms with Crippen LogP contribution in [0.25, 0.3) is 17.1 Å². The normalized spacial score (nSPS) is 10.8. The van der Waals surface area contributed by atoms with E-state index in [2.05, 4.69) is 15.1 Å². The first-order chi connectivity index (χ1) is 8.19. The highest BCUT2D eigenvalue weighted by atomic mass is 16.3. The van der Waals surface area contributed by atoms with Gasteiger partial charge in [-0.3, -0.25) is 9.59 Å². The van der Waals surface area contributed by atoms with Crippen LogP contribution in [0.1, 0.15) is 5.56 Å². The van der Waals surface area contributed by atoms with Crippen LogP contribution < -0.4 is 5.56 Å². The molecule has 0 saturated carbocycles. The average Bonchev–Trinajstić information content (AvgIpc) is 2.35. The number of H-pyrrole nitrogens is 1. The zero-order chi connectivity index (χ0) is 12.3. The Bertz CT molecular complexity index is 673. The van der Waals surface area contributed by atoms with E-state index in [9.17, 15) is 14.5 Å². The third-order valence-corrected chi connectivity index (χ3v) is 2.10. The summed E-state index contributed by atoms with van der Waals surface area (Å²) in [7, 11) is 0. The number of aromatic nitrogens is 2. The van der Waals surface area contributed by atoms with Crippen molar-refractivity contribution in [3.8, 4) is 0 Å². The van der Waals surface area contributed by atoms with Gasteiger partial charge in [-0.2, -0.15) is 0 Å². The fourth-order valence-corrected chi connectivity index (χ4v) is 1.34. The molecule has 0 aliphatic rings. The minimum atomic E-state index is -0.855. The van der Waals surface area contributed by atoms with Gasteiger partial charge in [0.2, 0.25) is 5.56 Å². The Morgan fingerprint density at radius 1 is 1.41 bits per heavy atom. The Kier molecular flexibility index (Phi) is 2.87. The molecule has 6 heteroatoms. The highest BCUT2D eigenvalue weighted by Gasteiger charge is 1.97. The standard InChI is InChI=1S/C11H7N3O3/c15-9-4-2-8-5-7(1-3-10(16)14-17)6-12-11(8)13-9/h1-6H,(H,12,13,15)/b3-1+. The van der Waals surface area contributed by atoms with Crippen LogP contribution in [0.5, 0.6) is 0 Å². The molecule has 0 bridgehead atoms. The molecule has 2 heterocycles. The van der Waals surface area contributed by atoms with Gasteiger partial charge >= 0.3 is 5.91 Å². The zero-order valence-electron chi connectivity index (χ0n) is 8.58. The summed E-state index contributed by atoms with van der Waals surface area (Å²) in [6, 6.07) is 4.74. The van der Waals surface area contributed by atoms with Gasteiger partial charge in [0.1, 0.15) is 5.65 Å². The molecule has 2 aromatic heterocycles. The quantitative estimate of drug-likeness (QED) is 0.619. The molecule has 1 N–H and O–H groups in total. The number of amides is 1. The lowest BCUT2D eigenvalue weighted by Crippen LogP contribution is -2.03. The van der Waals surface area contributed by atoms with Gasteiger partial charge in [0.25, 0.3) is 0 Å². The lowest BCUT2D eigenvalue weighted by Gasteiger charge is -1.97. The Labute approximate surface area is 95.0 Å². The van der Waals surface area contributed by atoms with E-state index in [1.54, 1.807) is 12.1 Å². The van der Waals surface area contributed by atoms with Gasteiger partial charge in [-0.25, -0.2) is 4.98 Å². The van der Waals surface area contributed by atoms with Crippen molar-refractivity contribution >= 4 is 23.0 Å². The molecule has 0 aliphatic heterocycles. The minimum Gasteiger partial charge on any atom is -0.307 e. The maximum Gasteiger partial charge on any atom is 0.309 e. The van der Waals surface area contributed by atoms with Crippen molar-refractivity contribution in [1.82, 2.24) is 9.97 Å². The van der Waals surface area contributed by atoms with E-state index in [1.807, 2.05) is 0 Å². The summed E-state index contributed by atoms with van der Waals surface area (Å²) < 4.78 is 0. The molecule has 0 radical (unpaired) electrons. The van der Waals surface area contributed by atoms with Crippen LogP contribution in [0.15, 0.2) is 40.4 Å². The summed E-state index contributed by atoms with van der Waals surface area (Å²) >= 11 is 0. The van der Waals surface area contributed by atoms with Crippen LogP contribution >= 0.6 is 0 Å². The van der Waals surface area contributed by atoms with E-state index in [4.69, 9.17) is 0 Å². The molecule has 0 saturated heterocycles. The zero-order valence-corrected chi connectivity index (χ0v) is 8.58. The lowest BCUT2D eigenvalue weighted by molar-refractivity contribution is -0.113. The molecule has 0 aromatic carbocycles. The largest absolute Gasteiger partial charge is 0.309 e. The van der Waals surface area contributed by atoms with Gasteiger partial charge in [0.15, 0.2) is 0 Å². The summed E-state index contributed by atoms with van der Waals surface area (Å²) in [6.45, 7) is 0. The Morgan fingerprint density at radius 3 is 3.00 bits per heavy atom. The number of carbonyl (C=O) groups is 1. The van der Waals surface area contributed by atoms with E-state index in [-0.39, 0.29) is 5.56 Å². The highest BCUT2D eigenvalue weighted by molar-refractivity contribution is 5.92. The van der Waals surface area contributed by atoms with Gasteiger partial charge in [-0.05, 0) is 23.8 Å². The molecule has 84 valence electrons. The number of nitrogens with zero attached hydrogens (tertiary/aromatic N) is 2. The monoisotopic (exact) mass is 229 g/mol. The van der Waals surface area contributed by atoms with Crippen LogP contribution in [0.2, 0.25) is 0 Å². The van der Waals surface area contributed by atoms with Crippen molar-refractivity contribution in [2.24, 2.45) is 5.18 Å². The summed E-state index contributed by atoms with van der Waals surface area (Å²) in [5, 5.41) is 2.97. The second kappa shape index (κ2) is 4.48. The molecule has 17 heavy (non-hydrogen) atoms. The fourth-order valence-electron chi connectivity index (χ4n) is 1.34. The Balaban J connectivity index is 2.41. The van der Waals surface area contributed by atoms with E-state index in [1.165, 1.54) is 18.3 Å². The average molecular weight is 229 g/mol. The van der Waals surface area contributed by atoms with Crippen molar-refractivity contribution < 1.29 is 4.79 Å². The molecule has 6 nitrogen and oxygen atoms in total. The van der Waals surface area contributed by atoms with Gasteiger partial charge in [-0.1, -0.05) is 0 Å². The van der Waals surface area contributed by atoms with E-state index in [0.717, 1.165) is 11.5 Å². The summed E-state index contributed by atoms with van der Waals surface area (Å²) in [5.74, 6) is -0.855. The molecule has 0 aliphatic carbocycles. The van der Waals surface area contributed by atoms with E-state index >= 15 is 0 Å². The number of aromatic amines is 1. The first kappa shape index (κ1) is 10.9. The number of hydrogen-bond donors (Lipinski definition) is 1. The molecule has 2 aromatic rings. The highest BCUT2D eigenvalue weighted by Crippen LogP contribution is 2.10. The van der Waals surface area contributed by atoms with Crippen LogP contribution in [0.3, 0.4) is 0 Å². The number of carbonyl (C=O) groups excluding carboxylic acids is 1. The van der Waals surface area contributed by atoms with Gasteiger partial charge in [-0.15, -0.1) is 4.91 Å². The van der Waals surface area contributed by atoms with E-state index < -0.39 is 5.91 Å². The van der Waals surface area contributed by atoms with Crippen LogP contribution in [-0.2, 0) is 4.79 Å². The molecule has 1 amide bonds. The van der Waals surface area contributed by atoms with Crippen LogP contribution in [0.4, 0.5) is 0 Å². The second-order valence-corrected chi connectivity index (χ2v) is 3.29. The van der Waals surface area contributed by atoms with E-state index in [0.29, 0.717) is 11.2 Å². The maximum absolute atomic E-state index is 11.0. The van der Waals surface area contributed by atoms with Crippen molar-refractivity contribution in [2.45, 2.75) is 0 Å². The number of hydrogen-bond acceptors (Lipinski definition) is 4. The van der Waals surface area contributed by atoms with Crippen molar-refractivity contribution in [2.75, 3.05) is 0 Å². The number of nitrogens with one attached hydrogen (secondary N) is 1. The Hall–Kier alpha value is -2.63. The van der Waals surface area contributed by atoms with Gasteiger partial charge in [0.05, 0.1) is 0 Å². The first-order valence-electron chi connectivity index (χ1n) is 4.73. The fraction of sp³-hybridized carbons (Fsp3) is 0. The number of rotatable bonds is 2. The number of nitroso groups, excluding NO2 is 1. The predicted molar refractivity (Wildman–Crippen MR) is 62.2 cm³/mol. The third kappa shape index (κ3) is 2.49. The lowest BCUT2D eigenvalue weighted by atomic mass is 10.2. The maximum atomic E-state index is 11.0. The summed E-state index contributed by atoms with van der Waals surface area (Å²) in [4.78, 5) is 38.1. The molecular formula is C11H7N3O3. The van der Waals surface area contributed by atoms with Gasteiger partial charge < -0.3 is 4.98 Å². The van der Waals surface area contributed by atoms with Crippen LogP contribution in [-0.4, -0.2) is 15.9 Å². The third-order valence-electron chi connectivity index (χ3n) is 2.10. The molecule has 0 spiro atoms. The van der Waals surface area contributed by atoms with Crippen molar-refractivity contribution in [3.63, 3.8) is 0 Å². The molecular weight excluding hydrogens is 222 g/mol.